The minimum absolute atomic E-state index is 0.571. The quantitative estimate of drug-likeness (QED) is 0.890. The lowest BCUT2D eigenvalue weighted by Gasteiger charge is -2.46. The van der Waals surface area contributed by atoms with E-state index in [0.717, 1.165) is 13.1 Å². The Kier molecular flexibility index (Phi) is 5.32. The Hall–Kier alpha value is -1.02. The standard InChI is InChI=1S/C19H32N2/c1-13(2)16-9-7-8-10-18(16)21-12-17(14(3)4)20-11-19(21)15(5)6/h7-10,13-15,17,19-20H,11-12H2,1-6H3. The van der Waals surface area contributed by atoms with E-state index >= 15 is 0 Å². The molecular formula is C19H32N2. The van der Waals surface area contributed by atoms with Crippen LogP contribution >= 0.6 is 0 Å². The molecule has 118 valence electrons. The van der Waals surface area contributed by atoms with Gasteiger partial charge in [0.15, 0.2) is 0 Å². The Morgan fingerprint density at radius 3 is 2.24 bits per heavy atom. The van der Waals surface area contributed by atoms with Crippen LogP contribution in [0.1, 0.15) is 53.0 Å². The maximum absolute atomic E-state index is 3.76. The lowest BCUT2D eigenvalue weighted by molar-refractivity contribution is 0.295. The highest BCUT2D eigenvalue weighted by molar-refractivity contribution is 5.56. The Morgan fingerprint density at radius 1 is 1.00 bits per heavy atom. The number of para-hydroxylation sites is 1. The molecule has 1 fully saturated rings. The van der Waals surface area contributed by atoms with Gasteiger partial charge in [-0.05, 0) is 29.4 Å². The van der Waals surface area contributed by atoms with E-state index < -0.39 is 0 Å². The van der Waals surface area contributed by atoms with Crippen LogP contribution in [0, 0.1) is 11.8 Å². The highest BCUT2D eigenvalue weighted by Gasteiger charge is 2.32. The molecule has 2 nitrogen and oxygen atoms in total. The molecule has 0 radical (unpaired) electrons. The Balaban J connectivity index is 2.36. The first-order chi connectivity index (χ1) is 9.91. The van der Waals surface area contributed by atoms with E-state index in [4.69, 9.17) is 0 Å². The topological polar surface area (TPSA) is 15.3 Å². The van der Waals surface area contributed by atoms with Gasteiger partial charge in [-0.2, -0.15) is 0 Å². The highest BCUT2D eigenvalue weighted by Crippen LogP contribution is 2.32. The summed E-state index contributed by atoms with van der Waals surface area (Å²) in [6.45, 7) is 16.1. The molecular weight excluding hydrogens is 256 g/mol. The fourth-order valence-corrected chi connectivity index (χ4v) is 3.35. The fraction of sp³-hybridized carbons (Fsp3) is 0.684. The van der Waals surface area contributed by atoms with E-state index in [1.807, 2.05) is 0 Å². The fourth-order valence-electron chi connectivity index (χ4n) is 3.35. The first kappa shape index (κ1) is 16.4. The molecule has 2 unspecified atom stereocenters. The van der Waals surface area contributed by atoms with Crippen LogP contribution in [-0.2, 0) is 0 Å². The van der Waals surface area contributed by atoms with E-state index in [9.17, 15) is 0 Å². The van der Waals surface area contributed by atoms with Crippen LogP contribution in [0.5, 0.6) is 0 Å². The minimum atomic E-state index is 0.571. The highest BCUT2D eigenvalue weighted by atomic mass is 15.2. The number of nitrogens with zero attached hydrogens (tertiary/aromatic N) is 1. The van der Waals surface area contributed by atoms with Crippen molar-refractivity contribution in [3.05, 3.63) is 29.8 Å². The predicted octanol–water partition coefficient (Wildman–Crippen LogP) is 4.27. The molecule has 1 aromatic carbocycles. The second-order valence-corrected chi connectivity index (χ2v) is 7.44. The van der Waals surface area contributed by atoms with Gasteiger partial charge in [0.1, 0.15) is 0 Å². The molecule has 1 heterocycles. The number of rotatable bonds is 4. The van der Waals surface area contributed by atoms with Crippen LogP contribution in [0.15, 0.2) is 24.3 Å². The van der Waals surface area contributed by atoms with Crippen molar-refractivity contribution in [2.45, 2.75) is 59.5 Å². The molecule has 0 bridgehead atoms. The third kappa shape index (κ3) is 3.60. The summed E-state index contributed by atoms with van der Waals surface area (Å²) in [6, 6.07) is 10.1. The van der Waals surface area contributed by atoms with Gasteiger partial charge in [-0.15, -0.1) is 0 Å². The largest absolute Gasteiger partial charge is 0.365 e. The second kappa shape index (κ2) is 6.83. The van der Waals surface area contributed by atoms with Crippen LogP contribution in [0.3, 0.4) is 0 Å². The third-order valence-corrected chi connectivity index (χ3v) is 4.83. The molecule has 0 aromatic heterocycles. The lowest BCUT2D eigenvalue weighted by Crippen LogP contribution is -2.60. The molecule has 1 aliphatic heterocycles. The first-order valence-electron chi connectivity index (χ1n) is 8.50. The van der Waals surface area contributed by atoms with Crippen LogP contribution in [0.4, 0.5) is 5.69 Å². The maximum Gasteiger partial charge on any atom is 0.0438 e. The monoisotopic (exact) mass is 288 g/mol. The van der Waals surface area contributed by atoms with Crippen molar-refractivity contribution in [3.8, 4) is 0 Å². The number of benzene rings is 1. The molecule has 0 spiro atoms. The van der Waals surface area contributed by atoms with Gasteiger partial charge in [0.2, 0.25) is 0 Å². The van der Waals surface area contributed by atoms with Crippen LogP contribution in [0.25, 0.3) is 0 Å². The van der Waals surface area contributed by atoms with E-state index in [0.29, 0.717) is 29.8 Å². The SMILES string of the molecule is CC(C)c1ccccc1N1CC(C(C)C)NCC1C(C)C. The zero-order valence-corrected chi connectivity index (χ0v) is 14.6. The van der Waals surface area contributed by atoms with Crippen LogP contribution in [0.2, 0.25) is 0 Å². The predicted molar refractivity (Wildman–Crippen MR) is 93.1 cm³/mol. The molecule has 1 saturated heterocycles. The van der Waals surface area contributed by atoms with Crippen molar-refractivity contribution in [2.24, 2.45) is 11.8 Å². The van der Waals surface area contributed by atoms with Gasteiger partial charge in [-0.1, -0.05) is 59.7 Å². The average molecular weight is 288 g/mol. The second-order valence-electron chi connectivity index (χ2n) is 7.44. The van der Waals surface area contributed by atoms with Gasteiger partial charge in [0.05, 0.1) is 0 Å². The summed E-state index contributed by atoms with van der Waals surface area (Å²) >= 11 is 0. The molecule has 21 heavy (non-hydrogen) atoms. The zero-order chi connectivity index (χ0) is 15.6. The summed E-state index contributed by atoms with van der Waals surface area (Å²) in [5.74, 6) is 1.90. The molecule has 2 atom stereocenters. The molecule has 0 saturated carbocycles. The summed E-state index contributed by atoms with van der Waals surface area (Å²) < 4.78 is 0. The third-order valence-electron chi connectivity index (χ3n) is 4.83. The van der Waals surface area contributed by atoms with Crippen molar-refractivity contribution in [2.75, 3.05) is 18.0 Å². The summed E-state index contributed by atoms with van der Waals surface area (Å²) in [4.78, 5) is 2.67. The van der Waals surface area contributed by atoms with Gasteiger partial charge in [-0.25, -0.2) is 0 Å². The number of hydrogen-bond donors (Lipinski definition) is 1. The van der Waals surface area contributed by atoms with Gasteiger partial charge in [-0.3, -0.25) is 0 Å². The van der Waals surface area contributed by atoms with Crippen molar-refractivity contribution in [1.29, 1.82) is 0 Å². The van der Waals surface area contributed by atoms with E-state index in [1.54, 1.807) is 0 Å². The van der Waals surface area contributed by atoms with E-state index in [-0.39, 0.29) is 0 Å². The average Bonchev–Trinajstić information content (AvgIpc) is 2.46. The molecule has 2 heteroatoms. The molecule has 1 aromatic rings. The maximum atomic E-state index is 3.76. The van der Waals surface area contributed by atoms with Gasteiger partial charge < -0.3 is 10.2 Å². The lowest BCUT2D eigenvalue weighted by atomic mass is 9.91. The summed E-state index contributed by atoms with van der Waals surface area (Å²) in [6.07, 6.45) is 0. The summed E-state index contributed by atoms with van der Waals surface area (Å²) in [5, 5.41) is 3.76. The molecule has 2 rings (SSSR count). The van der Waals surface area contributed by atoms with Crippen molar-refractivity contribution in [1.82, 2.24) is 5.32 Å². The number of hydrogen-bond acceptors (Lipinski definition) is 2. The molecule has 1 N–H and O–H groups in total. The Bertz CT molecular complexity index is 451. The van der Waals surface area contributed by atoms with Crippen LogP contribution < -0.4 is 10.2 Å². The van der Waals surface area contributed by atoms with Crippen molar-refractivity contribution in [3.63, 3.8) is 0 Å². The normalized spacial score (nSPS) is 23.4. The van der Waals surface area contributed by atoms with Gasteiger partial charge in [0, 0.05) is 30.9 Å². The number of anilines is 1. The smallest absolute Gasteiger partial charge is 0.0438 e. The Labute approximate surface area is 130 Å². The summed E-state index contributed by atoms with van der Waals surface area (Å²) in [5.41, 5.74) is 2.92. The molecule has 0 amide bonds. The van der Waals surface area contributed by atoms with Crippen molar-refractivity contribution >= 4 is 5.69 Å². The van der Waals surface area contributed by atoms with Crippen molar-refractivity contribution < 1.29 is 0 Å². The molecule has 0 aliphatic carbocycles. The Morgan fingerprint density at radius 2 is 1.67 bits per heavy atom. The molecule has 1 aliphatic rings. The van der Waals surface area contributed by atoms with Gasteiger partial charge in [0.25, 0.3) is 0 Å². The van der Waals surface area contributed by atoms with E-state index in [1.165, 1.54) is 11.3 Å². The van der Waals surface area contributed by atoms with Gasteiger partial charge >= 0.3 is 0 Å². The number of nitrogens with one attached hydrogen (secondary N) is 1. The van der Waals surface area contributed by atoms with Crippen LogP contribution in [-0.4, -0.2) is 25.2 Å². The first-order valence-corrected chi connectivity index (χ1v) is 8.50. The number of piperazine rings is 1. The summed E-state index contributed by atoms with van der Waals surface area (Å²) in [7, 11) is 0. The van der Waals surface area contributed by atoms with E-state index in [2.05, 4.69) is 76.0 Å². The zero-order valence-electron chi connectivity index (χ0n) is 14.6. The minimum Gasteiger partial charge on any atom is -0.365 e.